The maximum absolute atomic E-state index is 12.2. The molecule has 0 aliphatic carbocycles. The lowest BCUT2D eigenvalue weighted by Crippen LogP contribution is -2.47. The Kier molecular flexibility index (Phi) is 5.51. The quantitative estimate of drug-likeness (QED) is 0.766. The second kappa shape index (κ2) is 7.37. The molecular formula is C14H22N4O4. The Morgan fingerprint density at radius 3 is 2.68 bits per heavy atom. The number of carboxylic acid groups (broad SMARTS) is 1. The zero-order valence-electron chi connectivity index (χ0n) is 12.9. The van der Waals surface area contributed by atoms with E-state index in [-0.39, 0.29) is 17.6 Å². The van der Waals surface area contributed by atoms with Crippen LogP contribution in [0.1, 0.15) is 30.4 Å². The van der Waals surface area contributed by atoms with E-state index < -0.39 is 12.0 Å². The Morgan fingerprint density at radius 2 is 2.09 bits per heavy atom. The van der Waals surface area contributed by atoms with E-state index in [1.54, 1.807) is 6.92 Å². The molecule has 1 aromatic rings. The van der Waals surface area contributed by atoms with Gasteiger partial charge in [-0.25, -0.2) is 4.79 Å². The lowest BCUT2D eigenvalue weighted by molar-refractivity contribution is -0.124. The number of amides is 1. The zero-order valence-corrected chi connectivity index (χ0v) is 12.9. The molecule has 2 heterocycles. The van der Waals surface area contributed by atoms with Gasteiger partial charge in [0.2, 0.25) is 5.91 Å². The van der Waals surface area contributed by atoms with Gasteiger partial charge >= 0.3 is 5.97 Å². The first kappa shape index (κ1) is 16.4. The van der Waals surface area contributed by atoms with Crippen LogP contribution in [0.2, 0.25) is 0 Å². The lowest BCUT2D eigenvalue weighted by Gasteiger charge is -2.29. The van der Waals surface area contributed by atoms with E-state index in [1.807, 2.05) is 6.92 Å². The Bertz CT molecular complexity index is 525. The second-order valence-electron chi connectivity index (χ2n) is 5.48. The second-order valence-corrected chi connectivity index (χ2v) is 5.48. The predicted octanol–water partition coefficient (Wildman–Crippen LogP) is -0.0208. The molecule has 1 aromatic heterocycles. The molecule has 8 heteroatoms. The highest BCUT2D eigenvalue weighted by Crippen LogP contribution is 2.07. The van der Waals surface area contributed by atoms with Crippen LogP contribution >= 0.6 is 0 Å². The van der Waals surface area contributed by atoms with Crippen molar-refractivity contribution < 1.29 is 19.4 Å². The van der Waals surface area contributed by atoms with Crippen molar-refractivity contribution in [1.29, 1.82) is 0 Å². The van der Waals surface area contributed by atoms with Crippen molar-refractivity contribution in [3.05, 3.63) is 18.0 Å². The highest BCUT2D eigenvalue weighted by molar-refractivity contribution is 5.85. The summed E-state index contributed by atoms with van der Waals surface area (Å²) < 4.78 is 6.65. The Balaban J connectivity index is 1.85. The molecule has 0 radical (unpaired) electrons. The molecule has 2 atom stereocenters. The van der Waals surface area contributed by atoms with E-state index in [0.717, 1.165) is 32.8 Å². The number of carbonyl (C=O) groups is 2. The summed E-state index contributed by atoms with van der Waals surface area (Å²) in [6, 6.07) is 0.825. The minimum absolute atomic E-state index is 0.00237. The van der Waals surface area contributed by atoms with E-state index in [4.69, 9.17) is 9.84 Å². The fourth-order valence-corrected chi connectivity index (χ4v) is 2.37. The highest BCUT2D eigenvalue weighted by atomic mass is 16.5. The molecule has 122 valence electrons. The number of carbonyl (C=O) groups excluding carboxylic acids is 1. The first-order valence-electron chi connectivity index (χ1n) is 7.36. The molecule has 1 aliphatic heterocycles. The van der Waals surface area contributed by atoms with Crippen LogP contribution in [0.25, 0.3) is 0 Å². The number of morpholine rings is 1. The van der Waals surface area contributed by atoms with Crippen molar-refractivity contribution in [1.82, 2.24) is 20.0 Å². The minimum atomic E-state index is -1.10. The molecule has 1 saturated heterocycles. The van der Waals surface area contributed by atoms with Gasteiger partial charge in [0, 0.05) is 31.9 Å². The molecule has 2 rings (SSSR count). The lowest BCUT2D eigenvalue weighted by atomic mass is 10.2. The van der Waals surface area contributed by atoms with Gasteiger partial charge in [-0.15, -0.1) is 0 Å². The Morgan fingerprint density at radius 1 is 1.41 bits per heavy atom. The van der Waals surface area contributed by atoms with Gasteiger partial charge in [0.15, 0.2) is 5.69 Å². The number of nitrogens with one attached hydrogen (secondary N) is 1. The zero-order chi connectivity index (χ0) is 16.1. The molecule has 0 spiro atoms. The molecule has 2 unspecified atom stereocenters. The van der Waals surface area contributed by atoms with Gasteiger partial charge < -0.3 is 15.2 Å². The van der Waals surface area contributed by atoms with Crippen LogP contribution in [0, 0.1) is 0 Å². The van der Waals surface area contributed by atoms with Crippen molar-refractivity contribution in [2.45, 2.75) is 25.9 Å². The monoisotopic (exact) mass is 310 g/mol. The van der Waals surface area contributed by atoms with Crippen LogP contribution in [0.15, 0.2) is 12.3 Å². The third kappa shape index (κ3) is 4.28. The molecule has 0 bridgehead atoms. The fourth-order valence-electron chi connectivity index (χ4n) is 2.37. The normalized spacial score (nSPS) is 18.6. The molecule has 8 nitrogen and oxygen atoms in total. The summed E-state index contributed by atoms with van der Waals surface area (Å²) in [6.45, 7) is 7.60. The molecule has 2 N–H and O–H groups in total. The third-order valence-corrected chi connectivity index (χ3v) is 3.63. The summed E-state index contributed by atoms with van der Waals surface area (Å²) in [5.41, 5.74) is -0.0685. The van der Waals surface area contributed by atoms with Gasteiger partial charge in [0.25, 0.3) is 0 Å². The summed E-state index contributed by atoms with van der Waals surface area (Å²) in [5, 5.41) is 15.7. The molecule has 1 fully saturated rings. The summed E-state index contributed by atoms with van der Waals surface area (Å²) in [4.78, 5) is 25.3. The van der Waals surface area contributed by atoms with Gasteiger partial charge in [-0.05, 0) is 19.9 Å². The predicted molar refractivity (Wildman–Crippen MR) is 78.8 cm³/mol. The standard InChI is InChI=1S/C14H22N4O4/c1-10(9-17-5-7-22-8-6-17)15-13(19)11(2)18-4-3-12(16-18)14(20)21/h3-4,10-11H,5-9H2,1-2H3,(H,15,19)(H,20,21). The van der Waals surface area contributed by atoms with Crippen LogP contribution < -0.4 is 5.32 Å². The van der Waals surface area contributed by atoms with Crippen LogP contribution in [0.3, 0.4) is 0 Å². The molecule has 1 aliphatic rings. The SMILES string of the molecule is CC(CN1CCOCC1)NC(=O)C(C)n1ccc(C(=O)O)n1. The van der Waals surface area contributed by atoms with Crippen LogP contribution in [-0.2, 0) is 9.53 Å². The molecular weight excluding hydrogens is 288 g/mol. The highest BCUT2D eigenvalue weighted by Gasteiger charge is 2.21. The van der Waals surface area contributed by atoms with E-state index in [2.05, 4.69) is 15.3 Å². The average Bonchev–Trinajstić information content (AvgIpc) is 2.97. The van der Waals surface area contributed by atoms with Crippen LogP contribution in [0.5, 0.6) is 0 Å². The number of carboxylic acids is 1. The maximum Gasteiger partial charge on any atom is 0.356 e. The maximum atomic E-state index is 12.2. The summed E-state index contributed by atoms with van der Waals surface area (Å²) in [6.07, 6.45) is 1.50. The van der Waals surface area contributed by atoms with E-state index in [1.165, 1.54) is 16.9 Å². The number of rotatable bonds is 6. The number of ether oxygens (including phenoxy) is 1. The van der Waals surface area contributed by atoms with Gasteiger partial charge in [0.1, 0.15) is 6.04 Å². The van der Waals surface area contributed by atoms with E-state index in [9.17, 15) is 9.59 Å². The first-order chi connectivity index (χ1) is 10.5. The Hall–Kier alpha value is -1.93. The third-order valence-electron chi connectivity index (χ3n) is 3.63. The van der Waals surface area contributed by atoms with Gasteiger partial charge in [-0.2, -0.15) is 5.10 Å². The van der Waals surface area contributed by atoms with Gasteiger partial charge in [0.05, 0.1) is 13.2 Å². The fraction of sp³-hybridized carbons (Fsp3) is 0.643. The molecule has 22 heavy (non-hydrogen) atoms. The number of aromatic carboxylic acids is 1. The summed E-state index contributed by atoms with van der Waals surface area (Å²) in [5.74, 6) is -1.28. The summed E-state index contributed by atoms with van der Waals surface area (Å²) >= 11 is 0. The van der Waals surface area contributed by atoms with Crippen molar-refractivity contribution >= 4 is 11.9 Å². The first-order valence-corrected chi connectivity index (χ1v) is 7.36. The van der Waals surface area contributed by atoms with Crippen LogP contribution in [-0.4, -0.2) is 70.6 Å². The largest absolute Gasteiger partial charge is 0.476 e. The summed E-state index contributed by atoms with van der Waals surface area (Å²) in [7, 11) is 0. The van der Waals surface area contributed by atoms with Crippen molar-refractivity contribution in [3.8, 4) is 0 Å². The van der Waals surface area contributed by atoms with Gasteiger partial charge in [-0.1, -0.05) is 0 Å². The smallest absolute Gasteiger partial charge is 0.356 e. The average molecular weight is 310 g/mol. The molecule has 0 saturated carbocycles. The topological polar surface area (TPSA) is 96.7 Å². The molecule has 1 amide bonds. The number of aromatic nitrogens is 2. The minimum Gasteiger partial charge on any atom is -0.476 e. The number of nitrogens with zero attached hydrogens (tertiary/aromatic N) is 3. The van der Waals surface area contributed by atoms with Crippen molar-refractivity contribution in [3.63, 3.8) is 0 Å². The van der Waals surface area contributed by atoms with Gasteiger partial charge in [-0.3, -0.25) is 14.4 Å². The molecule has 0 aromatic carbocycles. The van der Waals surface area contributed by atoms with Crippen molar-refractivity contribution in [2.24, 2.45) is 0 Å². The van der Waals surface area contributed by atoms with E-state index in [0.29, 0.717) is 0 Å². The number of hydrogen-bond acceptors (Lipinski definition) is 5. The number of hydrogen-bond donors (Lipinski definition) is 2. The van der Waals surface area contributed by atoms with E-state index >= 15 is 0 Å². The van der Waals surface area contributed by atoms with Crippen molar-refractivity contribution in [2.75, 3.05) is 32.8 Å². The Labute approximate surface area is 129 Å². The van der Waals surface area contributed by atoms with Crippen LogP contribution in [0.4, 0.5) is 0 Å².